The van der Waals surface area contributed by atoms with E-state index in [4.69, 9.17) is 9.47 Å². The SMILES string of the molecule is COc1ccccc1OC(C)c1nnc(SCc2ccccc2C#N)n1C. The van der Waals surface area contributed by atoms with Crippen molar-refractivity contribution >= 4 is 11.8 Å². The lowest BCUT2D eigenvalue weighted by Crippen LogP contribution is -2.10. The van der Waals surface area contributed by atoms with Crippen LogP contribution in [0.3, 0.4) is 0 Å². The number of nitriles is 1. The van der Waals surface area contributed by atoms with E-state index in [0.717, 1.165) is 16.5 Å². The zero-order valence-corrected chi connectivity index (χ0v) is 16.2. The van der Waals surface area contributed by atoms with Crippen LogP contribution in [-0.2, 0) is 12.8 Å². The maximum absolute atomic E-state index is 9.21. The van der Waals surface area contributed by atoms with Gasteiger partial charge in [-0.1, -0.05) is 42.1 Å². The van der Waals surface area contributed by atoms with Crippen LogP contribution in [0.15, 0.2) is 53.7 Å². The molecule has 7 heteroatoms. The standard InChI is InChI=1S/C20H20N4O2S/c1-14(26-18-11-7-6-10-17(18)25-3)19-22-23-20(24(19)2)27-13-16-9-5-4-8-15(16)12-21/h4-11,14H,13H2,1-3H3. The Morgan fingerprint density at radius 3 is 2.56 bits per heavy atom. The molecule has 1 atom stereocenters. The van der Waals surface area contributed by atoms with Gasteiger partial charge in [-0.25, -0.2) is 0 Å². The molecule has 3 aromatic rings. The Balaban J connectivity index is 1.72. The average molecular weight is 380 g/mol. The second-order valence-electron chi connectivity index (χ2n) is 5.87. The summed E-state index contributed by atoms with van der Waals surface area (Å²) in [6.45, 7) is 1.93. The van der Waals surface area contributed by atoms with Gasteiger partial charge in [0.05, 0.1) is 18.7 Å². The quantitative estimate of drug-likeness (QED) is 0.574. The first kappa shape index (κ1) is 18.8. The van der Waals surface area contributed by atoms with E-state index in [-0.39, 0.29) is 6.10 Å². The van der Waals surface area contributed by atoms with Gasteiger partial charge in [0, 0.05) is 12.8 Å². The number of nitrogens with zero attached hydrogens (tertiary/aromatic N) is 4. The molecule has 3 rings (SSSR count). The third-order valence-corrected chi connectivity index (χ3v) is 5.17. The van der Waals surface area contributed by atoms with Crippen LogP contribution in [0.5, 0.6) is 11.5 Å². The van der Waals surface area contributed by atoms with Crippen LogP contribution >= 0.6 is 11.8 Å². The lowest BCUT2D eigenvalue weighted by atomic mass is 10.1. The molecule has 0 bridgehead atoms. The Hall–Kier alpha value is -2.98. The van der Waals surface area contributed by atoms with E-state index >= 15 is 0 Å². The van der Waals surface area contributed by atoms with Crippen molar-refractivity contribution in [2.75, 3.05) is 7.11 Å². The molecule has 1 aromatic heterocycles. The maximum atomic E-state index is 9.21. The van der Waals surface area contributed by atoms with Crippen LogP contribution in [0.4, 0.5) is 0 Å². The van der Waals surface area contributed by atoms with Crippen LogP contribution < -0.4 is 9.47 Å². The van der Waals surface area contributed by atoms with Crippen molar-refractivity contribution in [2.24, 2.45) is 7.05 Å². The van der Waals surface area contributed by atoms with E-state index < -0.39 is 0 Å². The molecule has 0 radical (unpaired) electrons. The summed E-state index contributed by atoms with van der Waals surface area (Å²) in [7, 11) is 3.53. The van der Waals surface area contributed by atoms with E-state index in [0.29, 0.717) is 22.8 Å². The first-order valence-electron chi connectivity index (χ1n) is 8.43. The van der Waals surface area contributed by atoms with E-state index in [1.54, 1.807) is 7.11 Å². The van der Waals surface area contributed by atoms with Gasteiger partial charge in [0.1, 0.15) is 0 Å². The summed E-state index contributed by atoms with van der Waals surface area (Å²) in [6, 6.07) is 17.3. The summed E-state index contributed by atoms with van der Waals surface area (Å²) in [5, 5.41) is 18.5. The normalized spacial score (nSPS) is 11.6. The molecule has 0 aliphatic heterocycles. The number of benzene rings is 2. The Morgan fingerprint density at radius 1 is 1.11 bits per heavy atom. The number of methoxy groups -OCH3 is 1. The Morgan fingerprint density at radius 2 is 1.81 bits per heavy atom. The maximum Gasteiger partial charge on any atom is 0.191 e. The fourth-order valence-electron chi connectivity index (χ4n) is 2.66. The van der Waals surface area contributed by atoms with Gasteiger partial charge >= 0.3 is 0 Å². The molecule has 0 saturated carbocycles. The second kappa shape index (κ2) is 8.60. The van der Waals surface area contributed by atoms with Crippen molar-refractivity contribution in [1.82, 2.24) is 14.8 Å². The minimum absolute atomic E-state index is 0.292. The van der Waals surface area contributed by atoms with Crippen LogP contribution in [0, 0.1) is 11.3 Å². The van der Waals surface area contributed by atoms with Crippen molar-refractivity contribution in [3.8, 4) is 17.6 Å². The first-order chi connectivity index (χ1) is 13.1. The highest BCUT2D eigenvalue weighted by atomic mass is 32.2. The van der Waals surface area contributed by atoms with Crippen LogP contribution in [0.1, 0.15) is 30.0 Å². The van der Waals surface area contributed by atoms with Crippen LogP contribution in [0.2, 0.25) is 0 Å². The minimum Gasteiger partial charge on any atom is -0.493 e. The topological polar surface area (TPSA) is 73.0 Å². The molecule has 0 fully saturated rings. The molecule has 1 unspecified atom stereocenters. The minimum atomic E-state index is -0.292. The third kappa shape index (κ3) is 4.23. The molecule has 0 aliphatic rings. The molecule has 0 aliphatic carbocycles. The summed E-state index contributed by atoms with van der Waals surface area (Å²) in [5.74, 6) is 2.70. The van der Waals surface area contributed by atoms with E-state index in [9.17, 15) is 5.26 Å². The van der Waals surface area contributed by atoms with Crippen molar-refractivity contribution in [3.05, 3.63) is 65.5 Å². The summed E-state index contributed by atoms with van der Waals surface area (Å²) in [4.78, 5) is 0. The number of aromatic nitrogens is 3. The number of ether oxygens (including phenoxy) is 2. The van der Waals surface area contributed by atoms with Gasteiger partial charge in [0.25, 0.3) is 0 Å². The average Bonchev–Trinajstić information content (AvgIpc) is 3.07. The number of hydrogen-bond acceptors (Lipinski definition) is 6. The Labute approximate surface area is 162 Å². The monoisotopic (exact) mass is 380 g/mol. The lowest BCUT2D eigenvalue weighted by Gasteiger charge is -2.16. The summed E-state index contributed by atoms with van der Waals surface area (Å²) >= 11 is 1.54. The van der Waals surface area contributed by atoms with Crippen molar-refractivity contribution in [2.45, 2.75) is 23.9 Å². The van der Waals surface area contributed by atoms with Gasteiger partial charge in [0.2, 0.25) is 0 Å². The smallest absolute Gasteiger partial charge is 0.191 e. The van der Waals surface area contributed by atoms with Gasteiger partial charge in [0.15, 0.2) is 28.6 Å². The van der Waals surface area contributed by atoms with Crippen molar-refractivity contribution < 1.29 is 9.47 Å². The molecule has 27 heavy (non-hydrogen) atoms. The summed E-state index contributed by atoms with van der Waals surface area (Å²) < 4.78 is 13.3. The molecule has 2 aromatic carbocycles. The molecular weight excluding hydrogens is 360 g/mol. The van der Waals surface area contributed by atoms with E-state index in [1.165, 1.54) is 11.8 Å². The summed E-state index contributed by atoms with van der Waals surface area (Å²) in [6.07, 6.45) is -0.292. The van der Waals surface area contributed by atoms with E-state index in [1.807, 2.05) is 67.1 Å². The second-order valence-corrected chi connectivity index (χ2v) is 6.81. The predicted octanol–water partition coefficient (Wildman–Crippen LogP) is 4.13. The fourth-order valence-corrected chi connectivity index (χ4v) is 3.58. The Bertz CT molecular complexity index is 965. The van der Waals surface area contributed by atoms with Crippen molar-refractivity contribution in [1.29, 1.82) is 5.26 Å². The zero-order valence-electron chi connectivity index (χ0n) is 15.4. The van der Waals surface area contributed by atoms with Gasteiger partial charge in [-0.2, -0.15) is 5.26 Å². The third-order valence-electron chi connectivity index (χ3n) is 4.10. The highest BCUT2D eigenvalue weighted by Gasteiger charge is 2.19. The molecule has 1 heterocycles. The highest BCUT2D eigenvalue weighted by Crippen LogP contribution is 2.31. The molecule has 0 saturated heterocycles. The first-order valence-corrected chi connectivity index (χ1v) is 9.42. The van der Waals surface area contributed by atoms with Crippen LogP contribution in [0.25, 0.3) is 0 Å². The fraction of sp³-hybridized carbons (Fsp3) is 0.250. The van der Waals surface area contributed by atoms with Crippen molar-refractivity contribution in [3.63, 3.8) is 0 Å². The number of para-hydroxylation sites is 2. The Kier molecular flexibility index (Phi) is 5.99. The zero-order chi connectivity index (χ0) is 19.2. The largest absolute Gasteiger partial charge is 0.493 e. The number of thioether (sulfide) groups is 1. The molecule has 0 amide bonds. The van der Waals surface area contributed by atoms with Gasteiger partial charge in [-0.05, 0) is 30.7 Å². The highest BCUT2D eigenvalue weighted by molar-refractivity contribution is 7.98. The lowest BCUT2D eigenvalue weighted by molar-refractivity contribution is 0.202. The predicted molar refractivity (Wildman–Crippen MR) is 104 cm³/mol. The molecular formula is C20H20N4O2S. The van der Waals surface area contributed by atoms with E-state index in [2.05, 4.69) is 16.3 Å². The van der Waals surface area contributed by atoms with Gasteiger partial charge < -0.3 is 14.0 Å². The molecule has 138 valence electrons. The summed E-state index contributed by atoms with van der Waals surface area (Å²) in [5.41, 5.74) is 1.66. The number of hydrogen-bond donors (Lipinski definition) is 0. The molecule has 0 spiro atoms. The number of rotatable bonds is 7. The van der Waals surface area contributed by atoms with Gasteiger partial charge in [-0.3, -0.25) is 0 Å². The molecule has 6 nitrogen and oxygen atoms in total. The van der Waals surface area contributed by atoms with Gasteiger partial charge in [-0.15, -0.1) is 10.2 Å². The molecule has 0 N–H and O–H groups in total. The van der Waals surface area contributed by atoms with Crippen LogP contribution in [-0.4, -0.2) is 21.9 Å².